The second kappa shape index (κ2) is 9.76. The van der Waals surface area contributed by atoms with E-state index in [9.17, 15) is 4.79 Å². The standard InChI is InChI=1S/C16H12ClN3O5.HN3/c1-23-13-7-18-11(16(21)22)6-12(13)24-8-14-19-15(20-25-14)9-2-4-10(17)5-3-9;1-3-2/h2-7H,8H2,1H3,(H,21,22);1H. The largest absolute Gasteiger partial charge is 0.491 e. The van der Waals surface area contributed by atoms with Crippen LogP contribution in [0.15, 0.2) is 41.1 Å². The van der Waals surface area contributed by atoms with E-state index >= 15 is 0 Å². The number of aromatic nitrogens is 3. The van der Waals surface area contributed by atoms with E-state index in [1.165, 1.54) is 19.4 Å². The van der Waals surface area contributed by atoms with Crippen LogP contribution in [-0.2, 0) is 6.61 Å². The highest BCUT2D eigenvalue weighted by Crippen LogP contribution is 2.27. The molecule has 0 radical (unpaired) electrons. The third-order valence-corrected chi connectivity index (χ3v) is 3.44. The lowest BCUT2D eigenvalue weighted by molar-refractivity contribution is 0.0689. The van der Waals surface area contributed by atoms with Gasteiger partial charge in [0.2, 0.25) is 5.82 Å². The van der Waals surface area contributed by atoms with Gasteiger partial charge in [-0.2, -0.15) is 4.98 Å². The van der Waals surface area contributed by atoms with Gasteiger partial charge in [-0.1, -0.05) is 16.8 Å². The van der Waals surface area contributed by atoms with Gasteiger partial charge < -0.3 is 19.1 Å². The number of halogens is 1. The second-order valence-electron chi connectivity index (χ2n) is 4.93. The van der Waals surface area contributed by atoms with Gasteiger partial charge in [0.25, 0.3) is 5.89 Å². The average Bonchev–Trinajstić information content (AvgIpc) is 3.16. The summed E-state index contributed by atoms with van der Waals surface area (Å²) in [6, 6.07) is 8.24. The summed E-state index contributed by atoms with van der Waals surface area (Å²) in [5.74, 6) is -0.0530. The van der Waals surface area contributed by atoms with E-state index in [2.05, 4.69) is 15.1 Å². The van der Waals surface area contributed by atoms with Gasteiger partial charge >= 0.3 is 5.97 Å². The summed E-state index contributed by atoms with van der Waals surface area (Å²) < 4.78 is 15.8. The van der Waals surface area contributed by atoms with Crippen molar-refractivity contribution < 1.29 is 23.9 Å². The smallest absolute Gasteiger partial charge is 0.354 e. The minimum Gasteiger partial charge on any atom is -0.491 e. The zero-order chi connectivity index (χ0) is 20.5. The fourth-order valence-corrected chi connectivity index (χ4v) is 2.10. The Morgan fingerprint density at radius 2 is 2.04 bits per heavy atom. The maximum Gasteiger partial charge on any atom is 0.354 e. The number of ether oxygens (including phenoxy) is 2. The Morgan fingerprint density at radius 3 is 2.64 bits per heavy atom. The van der Waals surface area contributed by atoms with Crippen LogP contribution in [0.5, 0.6) is 11.5 Å². The molecule has 3 aromatic rings. The van der Waals surface area contributed by atoms with E-state index in [1.807, 2.05) is 0 Å². The maximum absolute atomic E-state index is 11.0. The van der Waals surface area contributed by atoms with Crippen molar-refractivity contribution in [3.63, 3.8) is 0 Å². The maximum atomic E-state index is 11.0. The van der Waals surface area contributed by atoms with Crippen LogP contribution in [0.25, 0.3) is 21.8 Å². The molecule has 0 saturated carbocycles. The van der Waals surface area contributed by atoms with Gasteiger partial charge in [-0.3, -0.25) is 0 Å². The number of pyridine rings is 1. The van der Waals surface area contributed by atoms with Crippen molar-refractivity contribution in [1.29, 1.82) is 5.53 Å². The lowest BCUT2D eigenvalue weighted by atomic mass is 10.2. The normalized spacial score (nSPS) is 9.64. The Bertz CT molecular complexity index is 985. The monoisotopic (exact) mass is 404 g/mol. The van der Waals surface area contributed by atoms with Gasteiger partial charge in [0.05, 0.1) is 13.3 Å². The van der Waals surface area contributed by atoms with Crippen LogP contribution in [0.1, 0.15) is 16.4 Å². The Labute approximate surface area is 162 Å². The summed E-state index contributed by atoms with van der Waals surface area (Å²) in [6.45, 7) is -0.0555. The predicted molar refractivity (Wildman–Crippen MR) is 96.3 cm³/mol. The molecular weight excluding hydrogens is 392 g/mol. The van der Waals surface area contributed by atoms with E-state index < -0.39 is 5.97 Å². The van der Waals surface area contributed by atoms with Crippen LogP contribution in [0, 0.1) is 5.53 Å². The highest BCUT2D eigenvalue weighted by Gasteiger charge is 2.14. The molecule has 0 aliphatic carbocycles. The van der Waals surface area contributed by atoms with Gasteiger partial charge in [0.1, 0.15) is 0 Å². The van der Waals surface area contributed by atoms with Gasteiger partial charge in [-0.05, 0) is 34.7 Å². The molecule has 0 aliphatic rings. The Kier molecular flexibility index (Phi) is 7.14. The highest BCUT2D eigenvalue weighted by atomic mass is 35.5. The molecule has 0 saturated heterocycles. The fourth-order valence-electron chi connectivity index (χ4n) is 1.98. The fraction of sp³-hybridized carbons (Fsp3) is 0.125. The van der Waals surface area contributed by atoms with Crippen LogP contribution in [0.3, 0.4) is 0 Å². The molecule has 0 bridgehead atoms. The first-order valence-corrected chi connectivity index (χ1v) is 7.85. The van der Waals surface area contributed by atoms with E-state index in [4.69, 9.17) is 41.8 Å². The Balaban J connectivity index is 0.000000878. The minimum atomic E-state index is -1.17. The molecule has 0 spiro atoms. The molecule has 0 unspecified atom stereocenters. The van der Waals surface area contributed by atoms with E-state index in [1.54, 1.807) is 29.2 Å². The van der Waals surface area contributed by atoms with Crippen molar-refractivity contribution in [3.05, 3.63) is 63.6 Å². The molecule has 2 N–H and O–H groups in total. The lowest BCUT2D eigenvalue weighted by Crippen LogP contribution is -2.04. The number of hydrogen-bond donors (Lipinski definition) is 2. The molecule has 12 heteroatoms. The van der Waals surface area contributed by atoms with E-state index in [0.29, 0.717) is 16.6 Å². The van der Waals surface area contributed by atoms with Crippen molar-refractivity contribution in [2.24, 2.45) is 0 Å². The van der Waals surface area contributed by atoms with E-state index in [0.717, 1.165) is 5.56 Å². The minimum absolute atomic E-state index is 0.0555. The van der Waals surface area contributed by atoms with Gasteiger partial charge in [0.15, 0.2) is 23.8 Å². The van der Waals surface area contributed by atoms with Crippen LogP contribution < -0.4 is 9.47 Å². The number of aromatic carboxylic acids is 1. The van der Waals surface area contributed by atoms with Crippen molar-refractivity contribution in [2.75, 3.05) is 7.11 Å². The van der Waals surface area contributed by atoms with Gasteiger partial charge in [-0.15, -0.1) is 5.53 Å². The summed E-state index contributed by atoms with van der Waals surface area (Å²) >= 11 is 5.84. The topological polar surface area (TPSA) is 168 Å². The van der Waals surface area contributed by atoms with Crippen molar-refractivity contribution in [3.8, 4) is 22.9 Å². The zero-order valence-electron chi connectivity index (χ0n) is 14.4. The summed E-state index contributed by atoms with van der Waals surface area (Å²) in [6.07, 6.45) is 1.27. The number of rotatable bonds is 6. The molecule has 11 nitrogen and oxygen atoms in total. The first-order valence-electron chi connectivity index (χ1n) is 7.48. The number of nitrogens with zero attached hydrogens (tertiary/aromatic N) is 5. The van der Waals surface area contributed by atoms with Crippen molar-refractivity contribution in [1.82, 2.24) is 15.1 Å². The molecule has 0 atom stereocenters. The number of carbonyl (C=O) groups is 1. The highest BCUT2D eigenvalue weighted by molar-refractivity contribution is 6.30. The lowest BCUT2D eigenvalue weighted by Gasteiger charge is -2.08. The third-order valence-electron chi connectivity index (χ3n) is 3.19. The van der Waals surface area contributed by atoms with Crippen LogP contribution in [0.4, 0.5) is 0 Å². The van der Waals surface area contributed by atoms with Gasteiger partial charge in [-0.25, -0.2) is 9.78 Å². The quantitative estimate of drug-likeness (QED) is 0.353. The summed E-state index contributed by atoms with van der Waals surface area (Å²) in [5, 5.41) is 13.5. The molecule has 2 aromatic heterocycles. The van der Waals surface area contributed by atoms with Crippen molar-refractivity contribution >= 4 is 17.6 Å². The molecular formula is C16H13ClN6O5. The molecule has 144 valence electrons. The zero-order valence-corrected chi connectivity index (χ0v) is 15.1. The average molecular weight is 405 g/mol. The number of methoxy groups -OCH3 is 1. The number of nitrogens with one attached hydrogen (secondary N) is 1. The molecule has 1 aromatic carbocycles. The van der Waals surface area contributed by atoms with E-state index in [-0.39, 0.29) is 23.9 Å². The molecule has 0 fully saturated rings. The molecule has 28 heavy (non-hydrogen) atoms. The Hall–Kier alpha value is -3.82. The summed E-state index contributed by atoms with van der Waals surface area (Å²) in [5.41, 5.74) is 12.8. The number of carboxylic acids is 1. The summed E-state index contributed by atoms with van der Waals surface area (Å²) in [7, 11) is 1.43. The molecule has 2 heterocycles. The number of carboxylic acid groups (broad SMARTS) is 1. The number of hydrogen-bond acceptors (Lipinski definition) is 8. The Morgan fingerprint density at radius 1 is 1.36 bits per heavy atom. The second-order valence-corrected chi connectivity index (χ2v) is 5.37. The third kappa shape index (κ3) is 5.34. The van der Waals surface area contributed by atoms with Crippen molar-refractivity contribution in [2.45, 2.75) is 6.61 Å². The first kappa shape index (κ1) is 20.5. The first-order chi connectivity index (χ1) is 13.5. The van der Waals surface area contributed by atoms with Crippen LogP contribution in [-0.4, -0.2) is 33.3 Å². The molecule has 0 amide bonds. The summed E-state index contributed by atoms with van der Waals surface area (Å²) in [4.78, 5) is 20.7. The number of benzene rings is 1. The van der Waals surface area contributed by atoms with Gasteiger partial charge in [0, 0.05) is 16.7 Å². The molecule has 0 aliphatic heterocycles. The predicted octanol–water partition coefficient (Wildman–Crippen LogP) is 3.95. The van der Waals surface area contributed by atoms with Crippen LogP contribution >= 0.6 is 11.6 Å². The molecule has 3 rings (SSSR count). The SMILES string of the molecule is COc1cnc(C(=O)O)cc1OCc1nc(-c2ccc(Cl)cc2)no1.[N-]=[N+]=N. The van der Waals surface area contributed by atoms with Crippen LogP contribution in [0.2, 0.25) is 5.02 Å².